The van der Waals surface area contributed by atoms with E-state index in [4.69, 9.17) is 0 Å². The molecule has 0 fully saturated rings. The van der Waals surface area contributed by atoms with Gasteiger partial charge in [0.15, 0.2) is 0 Å². The Bertz CT molecular complexity index is 699. The molecule has 0 radical (unpaired) electrons. The van der Waals surface area contributed by atoms with Crippen LogP contribution in [-0.4, -0.2) is 45.9 Å². The summed E-state index contributed by atoms with van der Waals surface area (Å²) < 4.78 is 39.0. The molecule has 0 aliphatic carbocycles. The lowest BCUT2D eigenvalue weighted by atomic mass is 10.3. The third-order valence-corrected chi connectivity index (χ3v) is 4.25. The lowest BCUT2D eigenvalue weighted by Gasteiger charge is -2.22. The molecule has 1 aromatic heterocycles. The van der Waals surface area contributed by atoms with Crippen LogP contribution in [0.25, 0.3) is 11.0 Å². The minimum atomic E-state index is -4.26. The maximum atomic E-state index is 12.5. The van der Waals surface area contributed by atoms with E-state index < -0.39 is 12.6 Å². The number of likely N-dealkylation sites (N-methyl/N-ethyl adjacent to an activating group) is 1. The number of thioether (sulfide) groups is 1. The third kappa shape index (κ3) is 4.66. The average molecular weight is 359 g/mol. The topological polar surface area (TPSA) is 38.1 Å². The Kier molecular flexibility index (Phi) is 6.15. The molecule has 132 valence electrons. The summed E-state index contributed by atoms with van der Waals surface area (Å²) in [5.41, 5.74) is 1.61. The fourth-order valence-corrected chi connectivity index (χ4v) is 2.98. The summed E-state index contributed by atoms with van der Waals surface area (Å²) in [7, 11) is 0. The first-order valence-electron chi connectivity index (χ1n) is 7.63. The lowest BCUT2D eigenvalue weighted by Crippen LogP contribution is -2.36. The highest BCUT2D eigenvalue weighted by Crippen LogP contribution is 2.21. The van der Waals surface area contributed by atoms with Gasteiger partial charge >= 0.3 is 6.18 Å². The van der Waals surface area contributed by atoms with E-state index in [2.05, 4.69) is 4.98 Å². The van der Waals surface area contributed by atoms with Crippen molar-refractivity contribution in [1.29, 1.82) is 0 Å². The van der Waals surface area contributed by atoms with Crippen molar-refractivity contribution in [3.8, 4) is 0 Å². The standard InChI is InChI=1S/C16H20F3N3OS/c1-3-21(9-8-16(17,18)19)15(23)10-22-13-7-5-4-6-12(13)20-14(22)11-24-2/h4-7H,3,8-11H2,1-2H3. The fourth-order valence-electron chi connectivity index (χ4n) is 2.50. The number of aromatic nitrogens is 2. The smallest absolute Gasteiger partial charge is 0.341 e. The molecule has 4 nitrogen and oxygen atoms in total. The minimum absolute atomic E-state index is 0.00209. The zero-order chi connectivity index (χ0) is 17.7. The number of para-hydroxylation sites is 2. The molecular weight excluding hydrogens is 339 g/mol. The number of hydrogen-bond donors (Lipinski definition) is 0. The van der Waals surface area contributed by atoms with Crippen molar-refractivity contribution in [2.75, 3.05) is 19.3 Å². The van der Waals surface area contributed by atoms with Crippen molar-refractivity contribution in [3.05, 3.63) is 30.1 Å². The minimum Gasteiger partial charge on any atom is -0.341 e. The van der Waals surface area contributed by atoms with Crippen molar-refractivity contribution in [1.82, 2.24) is 14.5 Å². The maximum Gasteiger partial charge on any atom is 0.390 e. The first-order chi connectivity index (χ1) is 11.4. The van der Waals surface area contributed by atoms with Gasteiger partial charge in [0.05, 0.1) is 23.2 Å². The molecule has 0 saturated heterocycles. The molecule has 1 aromatic carbocycles. The predicted molar refractivity (Wildman–Crippen MR) is 89.9 cm³/mol. The third-order valence-electron chi connectivity index (χ3n) is 3.70. The highest BCUT2D eigenvalue weighted by Gasteiger charge is 2.28. The number of imidazole rings is 1. The van der Waals surface area contributed by atoms with Crippen LogP contribution in [0.3, 0.4) is 0 Å². The van der Waals surface area contributed by atoms with Gasteiger partial charge in [-0.2, -0.15) is 24.9 Å². The number of amides is 1. The van der Waals surface area contributed by atoms with Gasteiger partial charge in [0.1, 0.15) is 12.4 Å². The van der Waals surface area contributed by atoms with Crippen LogP contribution in [0, 0.1) is 0 Å². The summed E-state index contributed by atoms with van der Waals surface area (Å²) in [4.78, 5) is 18.2. The van der Waals surface area contributed by atoms with Crippen molar-refractivity contribution in [3.63, 3.8) is 0 Å². The number of carbonyl (C=O) groups is 1. The Morgan fingerprint density at radius 2 is 2.04 bits per heavy atom. The van der Waals surface area contributed by atoms with Crippen molar-refractivity contribution in [2.45, 2.75) is 31.8 Å². The van der Waals surface area contributed by atoms with E-state index in [1.165, 1.54) is 4.90 Å². The Morgan fingerprint density at radius 1 is 1.33 bits per heavy atom. The number of rotatable bonds is 7. The summed E-state index contributed by atoms with van der Waals surface area (Å²) in [6, 6.07) is 7.45. The largest absolute Gasteiger partial charge is 0.390 e. The number of nitrogens with zero attached hydrogens (tertiary/aromatic N) is 3. The molecule has 0 unspecified atom stereocenters. The van der Waals surface area contributed by atoms with Gasteiger partial charge in [-0.3, -0.25) is 4.79 Å². The molecule has 2 rings (SSSR count). The van der Waals surface area contributed by atoms with Gasteiger partial charge < -0.3 is 9.47 Å². The van der Waals surface area contributed by atoms with E-state index in [-0.39, 0.29) is 25.5 Å². The van der Waals surface area contributed by atoms with Crippen molar-refractivity contribution >= 4 is 28.7 Å². The number of alkyl halides is 3. The molecular formula is C16H20F3N3OS. The summed E-state index contributed by atoms with van der Waals surface area (Å²) in [6.45, 7) is 1.62. The maximum absolute atomic E-state index is 12.5. The highest BCUT2D eigenvalue weighted by atomic mass is 32.2. The quantitative estimate of drug-likeness (QED) is 0.757. The van der Waals surface area contributed by atoms with E-state index in [0.717, 1.165) is 16.9 Å². The number of benzene rings is 1. The molecule has 0 atom stereocenters. The SMILES string of the molecule is CCN(CCC(F)(F)F)C(=O)Cn1c(CSC)nc2ccccc21. The van der Waals surface area contributed by atoms with Crippen LogP contribution in [0.1, 0.15) is 19.2 Å². The second-order valence-electron chi connectivity index (χ2n) is 5.37. The predicted octanol–water partition coefficient (Wildman–Crippen LogP) is 3.70. The number of carbonyl (C=O) groups excluding carboxylic acids is 1. The Morgan fingerprint density at radius 3 is 2.67 bits per heavy atom. The Labute approximate surface area is 143 Å². The zero-order valence-electron chi connectivity index (χ0n) is 13.6. The average Bonchev–Trinajstić information content (AvgIpc) is 2.85. The molecule has 0 aliphatic rings. The molecule has 0 bridgehead atoms. The second kappa shape index (κ2) is 7.92. The number of halogens is 3. The van der Waals surface area contributed by atoms with E-state index in [9.17, 15) is 18.0 Å². The van der Waals surface area contributed by atoms with Crippen LogP contribution in [0.4, 0.5) is 13.2 Å². The van der Waals surface area contributed by atoms with Crippen LogP contribution >= 0.6 is 11.8 Å². The first-order valence-corrected chi connectivity index (χ1v) is 9.02. The molecule has 0 N–H and O–H groups in total. The fraction of sp³-hybridized carbons (Fsp3) is 0.500. The Hall–Kier alpha value is -1.70. The van der Waals surface area contributed by atoms with Crippen LogP contribution in [0.5, 0.6) is 0 Å². The molecule has 1 heterocycles. The van der Waals surface area contributed by atoms with Crippen LogP contribution in [0.15, 0.2) is 24.3 Å². The van der Waals surface area contributed by atoms with Crippen LogP contribution in [0.2, 0.25) is 0 Å². The Balaban J connectivity index is 2.20. The normalized spacial score (nSPS) is 11.9. The van der Waals surface area contributed by atoms with E-state index in [1.54, 1.807) is 23.3 Å². The molecule has 0 aliphatic heterocycles. The summed E-state index contributed by atoms with van der Waals surface area (Å²) in [6.07, 6.45) is -3.32. The van der Waals surface area contributed by atoms with Gasteiger partial charge in [-0.25, -0.2) is 4.98 Å². The van der Waals surface area contributed by atoms with Crippen LogP contribution < -0.4 is 0 Å². The lowest BCUT2D eigenvalue weighted by molar-refractivity contribution is -0.145. The molecule has 8 heteroatoms. The van der Waals surface area contributed by atoms with Gasteiger partial charge in [0.2, 0.25) is 5.91 Å². The summed E-state index contributed by atoms with van der Waals surface area (Å²) in [5, 5.41) is 0. The molecule has 0 spiro atoms. The second-order valence-corrected chi connectivity index (χ2v) is 6.24. The van der Waals surface area contributed by atoms with E-state index in [0.29, 0.717) is 5.75 Å². The molecule has 24 heavy (non-hydrogen) atoms. The summed E-state index contributed by atoms with van der Waals surface area (Å²) in [5.74, 6) is 1.06. The first kappa shape index (κ1) is 18.6. The zero-order valence-corrected chi connectivity index (χ0v) is 14.5. The molecule has 1 amide bonds. The summed E-state index contributed by atoms with van der Waals surface area (Å²) >= 11 is 1.58. The number of hydrogen-bond acceptors (Lipinski definition) is 3. The number of fused-ring (bicyclic) bond motifs is 1. The van der Waals surface area contributed by atoms with Gasteiger partial charge in [0, 0.05) is 13.1 Å². The molecule has 0 saturated carbocycles. The van der Waals surface area contributed by atoms with E-state index >= 15 is 0 Å². The molecule has 2 aromatic rings. The van der Waals surface area contributed by atoms with E-state index in [1.807, 2.05) is 30.5 Å². The van der Waals surface area contributed by atoms with Gasteiger partial charge in [-0.15, -0.1) is 0 Å². The van der Waals surface area contributed by atoms with Crippen LogP contribution in [-0.2, 0) is 17.1 Å². The van der Waals surface area contributed by atoms with Crippen molar-refractivity contribution in [2.24, 2.45) is 0 Å². The van der Waals surface area contributed by atoms with Gasteiger partial charge in [-0.05, 0) is 25.3 Å². The highest BCUT2D eigenvalue weighted by molar-refractivity contribution is 7.97. The van der Waals surface area contributed by atoms with Crippen molar-refractivity contribution < 1.29 is 18.0 Å². The van der Waals surface area contributed by atoms with Gasteiger partial charge in [-0.1, -0.05) is 12.1 Å². The monoisotopic (exact) mass is 359 g/mol. The van der Waals surface area contributed by atoms with Gasteiger partial charge in [0.25, 0.3) is 0 Å².